The molecule has 2 aromatic carbocycles. The standard InChI is InChI=1S/C14H8ClFN2O/c15-11-5-6-12(10-4-2-1-3-9(10)11)19-14-7-13(16)17-8-18-14/h1-8H. The van der Waals surface area contributed by atoms with Gasteiger partial charge >= 0.3 is 0 Å². The highest BCUT2D eigenvalue weighted by Crippen LogP contribution is 2.33. The average molecular weight is 275 g/mol. The molecule has 0 unspecified atom stereocenters. The molecule has 94 valence electrons. The quantitative estimate of drug-likeness (QED) is 0.657. The molecule has 0 aliphatic heterocycles. The van der Waals surface area contributed by atoms with Crippen molar-refractivity contribution in [2.75, 3.05) is 0 Å². The Morgan fingerprint density at radius 2 is 1.79 bits per heavy atom. The van der Waals surface area contributed by atoms with Crippen molar-refractivity contribution in [1.82, 2.24) is 9.97 Å². The summed E-state index contributed by atoms with van der Waals surface area (Å²) < 4.78 is 18.6. The zero-order valence-corrected chi connectivity index (χ0v) is 10.4. The molecule has 0 bridgehead atoms. The third-order valence-corrected chi connectivity index (χ3v) is 2.98. The van der Waals surface area contributed by atoms with Crippen LogP contribution in [0.3, 0.4) is 0 Å². The summed E-state index contributed by atoms with van der Waals surface area (Å²) in [6.45, 7) is 0. The van der Waals surface area contributed by atoms with Crippen molar-refractivity contribution in [3.05, 3.63) is 59.8 Å². The molecule has 0 spiro atoms. The Hall–Kier alpha value is -2.20. The minimum atomic E-state index is -0.636. The van der Waals surface area contributed by atoms with Crippen LogP contribution in [0.2, 0.25) is 5.02 Å². The molecular weight excluding hydrogens is 267 g/mol. The van der Waals surface area contributed by atoms with Gasteiger partial charge in [0, 0.05) is 15.8 Å². The van der Waals surface area contributed by atoms with Crippen LogP contribution >= 0.6 is 11.6 Å². The third-order valence-electron chi connectivity index (χ3n) is 2.65. The van der Waals surface area contributed by atoms with Gasteiger partial charge in [-0.1, -0.05) is 35.9 Å². The van der Waals surface area contributed by atoms with Gasteiger partial charge in [0.2, 0.25) is 11.8 Å². The summed E-state index contributed by atoms with van der Waals surface area (Å²) in [5.41, 5.74) is 0. The predicted molar refractivity (Wildman–Crippen MR) is 71.0 cm³/mol. The zero-order valence-electron chi connectivity index (χ0n) is 9.68. The maximum absolute atomic E-state index is 13.0. The summed E-state index contributed by atoms with van der Waals surface area (Å²) >= 11 is 6.12. The molecular formula is C14H8ClFN2O. The molecule has 0 aliphatic carbocycles. The van der Waals surface area contributed by atoms with Gasteiger partial charge in [0.05, 0.1) is 6.07 Å². The summed E-state index contributed by atoms with van der Waals surface area (Å²) in [4.78, 5) is 7.24. The Morgan fingerprint density at radius 3 is 2.58 bits per heavy atom. The topological polar surface area (TPSA) is 35.0 Å². The smallest absolute Gasteiger partial charge is 0.225 e. The van der Waals surface area contributed by atoms with Gasteiger partial charge in [0.15, 0.2) is 0 Å². The largest absolute Gasteiger partial charge is 0.438 e. The third kappa shape index (κ3) is 2.35. The number of benzene rings is 2. The van der Waals surface area contributed by atoms with Crippen LogP contribution in [-0.2, 0) is 0 Å². The monoisotopic (exact) mass is 274 g/mol. The van der Waals surface area contributed by atoms with Gasteiger partial charge in [-0.3, -0.25) is 0 Å². The lowest BCUT2D eigenvalue weighted by Crippen LogP contribution is -1.92. The minimum absolute atomic E-state index is 0.153. The molecule has 0 aliphatic rings. The Kier molecular flexibility index (Phi) is 3.01. The normalized spacial score (nSPS) is 10.6. The van der Waals surface area contributed by atoms with E-state index < -0.39 is 5.95 Å². The van der Waals surface area contributed by atoms with Gasteiger partial charge in [-0.2, -0.15) is 4.39 Å². The molecule has 19 heavy (non-hydrogen) atoms. The first-order valence-corrected chi connectivity index (χ1v) is 5.94. The second-order valence-electron chi connectivity index (χ2n) is 3.87. The van der Waals surface area contributed by atoms with Gasteiger partial charge in [-0.25, -0.2) is 9.97 Å². The van der Waals surface area contributed by atoms with E-state index in [0.717, 1.165) is 23.2 Å². The van der Waals surface area contributed by atoms with Crippen LogP contribution in [0, 0.1) is 5.95 Å². The van der Waals surface area contributed by atoms with Crippen molar-refractivity contribution >= 4 is 22.4 Å². The zero-order chi connectivity index (χ0) is 13.2. The second-order valence-corrected chi connectivity index (χ2v) is 4.28. The van der Waals surface area contributed by atoms with Gasteiger partial charge in [0.25, 0.3) is 0 Å². The Labute approximate surface area is 113 Å². The van der Waals surface area contributed by atoms with Gasteiger partial charge < -0.3 is 4.74 Å². The highest BCUT2D eigenvalue weighted by molar-refractivity contribution is 6.35. The number of nitrogens with zero attached hydrogens (tertiary/aromatic N) is 2. The first-order valence-electron chi connectivity index (χ1n) is 5.57. The maximum Gasteiger partial charge on any atom is 0.225 e. The lowest BCUT2D eigenvalue weighted by atomic mass is 10.1. The summed E-state index contributed by atoms with van der Waals surface area (Å²) in [6.07, 6.45) is 1.11. The second kappa shape index (κ2) is 4.82. The van der Waals surface area contributed by atoms with E-state index in [2.05, 4.69) is 9.97 Å². The highest BCUT2D eigenvalue weighted by Gasteiger charge is 2.07. The van der Waals surface area contributed by atoms with Crippen molar-refractivity contribution in [1.29, 1.82) is 0 Å². The van der Waals surface area contributed by atoms with E-state index in [9.17, 15) is 4.39 Å². The van der Waals surface area contributed by atoms with Crippen LogP contribution in [0.1, 0.15) is 0 Å². The van der Waals surface area contributed by atoms with Crippen molar-refractivity contribution < 1.29 is 9.13 Å². The van der Waals surface area contributed by atoms with Gasteiger partial charge in [0.1, 0.15) is 12.1 Å². The molecule has 3 aromatic rings. The van der Waals surface area contributed by atoms with Crippen LogP contribution in [-0.4, -0.2) is 9.97 Å². The van der Waals surface area contributed by atoms with Crippen molar-refractivity contribution in [2.45, 2.75) is 0 Å². The molecule has 0 N–H and O–H groups in total. The minimum Gasteiger partial charge on any atom is -0.438 e. The van der Waals surface area contributed by atoms with Crippen molar-refractivity contribution in [3.8, 4) is 11.6 Å². The fourth-order valence-electron chi connectivity index (χ4n) is 1.81. The molecule has 5 heteroatoms. The molecule has 0 saturated carbocycles. The van der Waals surface area contributed by atoms with E-state index in [1.54, 1.807) is 12.1 Å². The number of halogens is 2. The lowest BCUT2D eigenvalue weighted by molar-refractivity contribution is 0.455. The summed E-state index contributed by atoms with van der Waals surface area (Å²) in [7, 11) is 0. The number of rotatable bonds is 2. The fourth-order valence-corrected chi connectivity index (χ4v) is 2.04. The van der Waals surface area contributed by atoms with Crippen LogP contribution in [0.15, 0.2) is 48.8 Å². The first kappa shape index (κ1) is 11.9. The molecule has 0 amide bonds. The van der Waals surface area contributed by atoms with Crippen LogP contribution in [0.5, 0.6) is 11.6 Å². The summed E-state index contributed by atoms with van der Waals surface area (Å²) in [5, 5.41) is 2.35. The number of fused-ring (bicyclic) bond motifs is 1. The molecule has 0 fully saturated rings. The SMILES string of the molecule is Fc1cc(Oc2ccc(Cl)c3ccccc23)ncn1. The highest BCUT2D eigenvalue weighted by atomic mass is 35.5. The number of hydrogen-bond donors (Lipinski definition) is 0. The Morgan fingerprint density at radius 1 is 1.00 bits per heavy atom. The molecule has 3 rings (SSSR count). The fraction of sp³-hybridized carbons (Fsp3) is 0. The van der Waals surface area contributed by atoms with Crippen LogP contribution in [0.25, 0.3) is 10.8 Å². The van der Waals surface area contributed by atoms with E-state index >= 15 is 0 Å². The number of aromatic nitrogens is 2. The molecule has 1 heterocycles. The summed E-state index contributed by atoms with van der Waals surface area (Å²) in [6, 6.07) is 12.1. The van der Waals surface area contributed by atoms with Gasteiger partial charge in [-0.15, -0.1) is 0 Å². The van der Waals surface area contributed by atoms with Gasteiger partial charge in [-0.05, 0) is 12.1 Å². The predicted octanol–water partition coefficient (Wildman–Crippen LogP) is 4.21. The average Bonchev–Trinajstić information content (AvgIpc) is 2.42. The summed E-state index contributed by atoms with van der Waals surface area (Å²) in [5.74, 6) is 0.0846. The maximum atomic E-state index is 13.0. The Balaban J connectivity index is 2.09. The molecule has 0 atom stereocenters. The number of ether oxygens (including phenoxy) is 1. The lowest BCUT2D eigenvalue weighted by Gasteiger charge is -2.08. The van der Waals surface area contributed by atoms with E-state index in [1.807, 2.05) is 24.3 Å². The van der Waals surface area contributed by atoms with Crippen molar-refractivity contribution in [3.63, 3.8) is 0 Å². The van der Waals surface area contributed by atoms with E-state index in [-0.39, 0.29) is 5.88 Å². The molecule has 0 radical (unpaired) electrons. The van der Waals surface area contributed by atoms with Crippen LogP contribution < -0.4 is 4.74 Å². The van der Waals surface area contributed by atoms with E-state index in [1.165, 1.54) is 0 Å². The first-order chi connectivity index (χ1) is 9.24. The Bertz CT molecular complexity index is 748. The van der Waals surface area contributed by atoms with Crippen LogP contribution in [0.4, 0.5) is 4.39 Å². The van der Waals surface area contributed by atoms with Crippen molar-refractivity contribution in [2.24, 2.45) is 0 Å². The molecule has 3 nitrogen and oxygen atoms in total. The van der Waals surface area contributed by atoms with E-state index in [0.29, 0.717) is 10.8 Å². The number of hydrogen-bond acceptors (Lipinski definition) is 3. The molecule has 1 aromatic heterocycles. The van der Waals surface area contributed by atoms with E-state index in [4.69, 9.17) is 16.3 Å². The molecule has 0 saturated heterocycles.